The van der Waals surface area contributed by atoms with E-state index in [2.05, 4.69) is 27.8 Å². The smallest absolute Gasteiger partial charge is 0.249 e. The Morgan fingerprint density at radius 3 is 2.55 bits per heavy atom. The third kappa shape index (κ3) is 5.24. The van der Waals surface area contributed by atoms with Crippen molar-refractivity contribution in [3.05, 3.63) is 5.01 Å². The van der Waals surface area contributed by atoms with E-state index in [4.69, 9.17) is 0 Å². The summed E-state index contributed by atoms with van der Waals surface area (Å²) >= 11 is 1.38. The molecule has 1 heterocycles. The van der Waals surface area contributed by atoms with Gasteiger partial charge in [0.25, 0.3) is 0 Å². The fourth-order valence-corrected chi connectivity index (χ4v) is 2.45. The Hall–Kier alpha value is -1.50. The predicted octanol–water partition coefficient (Wildman–Crippen LogP) is 1.98. The number of carbonyl (C=O) groups is 2. The summed E-state index contributed by atoms with van der Waals surface area (Å²) in [5.41, 5.74) is 0. The number of aryl methyl sites for hydroxylation is 1. The van der Waals surface area contributed by atoms with Gasteiger partial charge in [0.2, 0.25) is 16.9 Å². The molecule has 0 radical (unpaired) electrons. The molecule has 1 rings (SSSR count). The average molecular weight is 298 g/mol. The van der Waals surface area contributed by atoms with E-state index in [0.717, 1.165) is 24.3 Å². The third-order valence-electron chi connectivity index (χ3n) is 2.75. The number of hydrogen-bond acceptors (Lipinski definition) is 5. The maximum Gasteiger partial charge on any atom is 0.249 e. The SMILES string of the molecule is CCCCc1nnc(NC(=O)[C@H](NC(C)=O)C(C)C)s1. The summed E-state index contributed by atoms with van der Waals surface area (Å²) in [6.07, 6.45) is 3.03. The van der Waals surface area contributed by atoms with Gasteiger partial charge in [-0.2, -0.15) is 0 Å². The van der Waals surface area contributed by atoms with E-state index < -0.39 is 6.04 Å². The first-order valence-electron chi connectivity index (χ1n) is 6.84. The highest BCUT2D eigenvalue weighted by Crippen LogP contribution is 2.18. The Bertz CT molecular complexity index is 459. The van der Waals surface area contributed by atoms with Crippen molar-refractivity contribution < 1.29 is 9.59 Å². The minimum atomic E-state index is -0.560. The summed E-state index contributed by atoms with van der Waals surface area (Å²) in [6, 6.07) is -0.560. The van der Waals surface area contributed by atoms with Crippen LogP contribution in [0.3, 0.4) is 0 Å². The molecular weight excluding hydrogens is 276 g/mol. The van der Waals surface area contributed by atoms with Gasteiger partial charge >= 0.3 is 0 Å². The lowest BCUT2D eigenvalue weighted by atomic mass is 10.0. The molecule has 112 valence electrons. The van der Waals surface area contributed by atoms with Crippen molar-refractivity contribution in [3.8, 4) is 0 Å². The fraction of sp³-hybridized carbons (Fsp3) is 0.692. The van der Waals surface area contributed by atoms with E-state index in [9.17, 15) is 9.59 Å². The van der Waals surface area contributed by atoms with Crippen molar-refractivity contribution in [2.75, 3.05) is 5.32 Å². The Morgan fingerprint density at radius 1 is 1.30 bits per heavy atom. The van der Waals surface area contributed by atoms with Crippen LogP contribution in [0.4, 0.5) is 5.13 Å². The molecule has 2 amide bonds. The summed E-state index contributed by atoms with van der Waals surface area (Å²) in [5, 5.41) is 14.8. The zero-order chi connectivity index (χ0) is 15.1. The molecule has 0 spiro atoms. The van der Waals surface area contributed by atoms with Crippen molar-refractivity contribution >= 4 is 28.3 Å². The highest BCUT2D eigenvalue weighted by Gasteiger charge is 2.23. The van der Waals surface area contributed by atoms with Gasteiger partial charge in [0.15, 0.2) is 0 Å². The molecule has 1 aromatic heterocycles. The van der Waals surface area contributed by atoms with Crippen molar-refractivity contribution in [1.29, 1.82) is 0 Å². The molecule has 0 aliphatic heterocycles. The zero-order valence-corrected chi connectivity index (χ0v) is 13.2. The second-order valence-electron chi connectivity index (χ2n) is 5.02. The Kier molecular flexibility index (Phi) is 6.57. The zero-order valence-electron chi connectivity index (χ0n) is 12.4. The monoisotopic (exact) mass is 298 g/mol. The molecule has 2 N–H and O–H groups in total. The van der Waals surface area contributed by atoms with Crippen LogP contribution in [-0.2, 0) is 16.0 Å². The molecular formula is C13H22N4O2S. The summed E-state index contributed by atoms with van der Waals surface area (Å²) in [4.78, 5) is 23.2. The molecule has 1 atom stereocenters. The van der Waals surface area contributed by atoms with Gasteiger partial charge in [0, 0.05) is 13.3 Å². The number of anilines is 1. The second kappa shape index (κ2) is 7.94. The van der Waals surface area contributed by atoms with Gasteiger partial charge in [-0.3, -0.25) is 14.9 Å². The van der Waals surface area contributed by atoms with Gasteiger partial charge in [-0.25, -0.2) is 0 Å². The van der Waals surface area contributed by atoms with Gasteiger partial charge < -0.3 is 5.32 Å². The maximum atomic E-state index is 12.1. The first-order valence-corrected chi connectivity index (χ1v) is 7.66. The summed E-state index contributed by atoms with van der Waals surface area (Å²) in [6.45, 7) is 7.28. The number of aromatic nitrogens is 2. The van der Waals surface area contributed by atoms with E-state index >= 15 is 0 Å². The molecule has 7 heteroatoms. The minimum absolute atomic E-state index is 0.00591. The molecule has 0 unspecified atom stereocenters. The van der Waals surface area contributed by atoms with Gasteiger partial charge in [-0.1, -0.05) is 38.5 Å². The number of nitrogens with one attached hydrogen (secondary N) is 2. The molecule has 20 heavy (non-hydrogen) atoms. The van der Waals surface area contributed by atoms with Crippen molar-refractivity contribution in [1.82, 2.24) is 15.5 Å². The quantitative estimate of drug-likeness (QED) is 0.806. The molecule has 0 saturated carbocycles. The van der Waals surface area contributed by atoms with Crippen molar-refractivity contribution in [2.24, 2.45) is 5.92 Å². The number of amides is 2. The first-order chi connectivity index (χ1) is 9.43. The standard InChI is InChI=1S/C13H22N4O2S/c1-5-6-7-10-16-17-13(20-10)15-12(19)11(8(2)3)14-9(4)18/h8,11H,5-7H2,1-4H3,(H,14,18)(H,15,17,19)/t11-/m1/s1. The van der Waals surface area contributed by atoms with Crippen molar-refractivity contribution in [2.45, 2.75) is 53.0 Å². The van der Waals surface area contributed by atoms with E-state index in [1.165, 1.54) is 18.3 Å². The fourth-order valence-electron chi connectivity index (χ4n) is 1.67. The molecule has 0 aromatic carbocycles. The van der Waals surface area contributed by atoms with E-state index in [0.29, 0.717) is 5.13 Å². The van der Waals surface area contributed by atoms with E-state index in [1.54, 1.807) is 0 Å². The lowest BCUT2D eigenvalue weighted by Gasteiger charge is -2.19. The van der Waals surface area contributed by atoms with Crippen LogP contribution in [0.15, 0.2) is 0 Å². The summed E-state index contributed by atoms with van der Waals surface area (Å²) in [7, 11) is 0. The van der Waals surface area contributed by atoms with Crippen LogP contribution in [0.1, 0.15) is 45.5 Å². The van der Waals surface area contributed by atoms with Crippen LogP contribution in [0.2, 0.25) is 0 Å². The van der Waals surface area contributed by atoms with Gasteiger partial charge in [-0.15, -0.1) is 10.2 Å². The highest BCUT2D eigenvalue weighted by molar-refractivity contribution is 7.15. The largest absolute Gasteiger partial charge is 0.344 e. The number of unbranched alkanes of at least 4 members (excludes halogenated alkanes) is 1. The van der Waals surface area contributed by atoms with Gasteiger partial charge in [0.1, 0.15) is 11.0 Å². The lowest BCUT2D eigenvalue weighted by molar-refractivity contribution is -0.126. The number of nitrogens with zero attached hydrogens (tertiary/aromatic N) is 2. The van der Waals surface area contributed by atoms with Crippen LogP contribution in [-0.4, -0.2) is 28.1 Å². The summed E-state index contributed by atoms with van der Waals surface area (Å²) in [5.74, 6) is -0.473. The normalized spacial score (nSPS) is 12.2. The first kappa shape index (κ1) is 16.6. The predicted molar refractivity (Wildman–Crippen MR) is 79.6 cm³/mol. The molecule has 0 bridgehead atoms. The number of carbonyl (C=O) groups excluding carboxylic acids is 2. The van der Waals surface area contributed by atoms with E-state index in [-0.39, 0.29) is 17.7 Å². The molecule has 1 aromatic rings. The minimum Gasteiger partial charge on any atom is -0.344 e. The average Bonchev–Trinajstić information content (AvgIpc) is 2.80. The topological polar surface area (TPSA) is 84.0 Å². The van der Waals surface area contributed by atoms with Crippen molar-refractivity contribution in [3.63, 3.8) is 0 Å². The molecule has 0 fully saturated rings. The van der Waals surface area contributed by atoms with Crippen LogP contribution in [0, 0.1) is 5.92 Å². The highest BCUT2D eigenvalue weighted by atomic mass is 32.1. The van der Waals surface area contributed by atoms with Crippen LogP contribution in [0.25, 0.3) is 0 Å². The molecule has 0 aliphatic carbocycles. The Labute approximate surface area is 123 Å². The summed E-state index contributed by atoms with van der Waals surface area (Å²) < 4.78 is 0. The molecule has 0 saturated heterocycles. The Balaban J connectivity index is 2.63. The number of hydrogen-bond donors (Lipinski definition) is 2. The molecule has 6 nitrogen and oxygen atoms in total. The van der Waals surface area contributed by atoms with E-state index in [1.807, 2.05) is 13.8 Å². The van der Waals surface area contributed by atoms with Gasteiger partial charge in [-0.05, 0) is 12.3 Å². The lowest BCUT2D eigenvalue weighted by Crippen LogP contribution is -2.46. The van der Waals surface area contributed by atoms with Crippen LogP contribution in [0.5, 0.6) is 0 Å². The van der Waals surface area contributed by atoms with Gasteiger partial charge in [0.05, 0.1) is 0 Å². The number of rotatable bonds is 7. The molecule has 0 aliphatic rings. The third-order valence-corrected chi connectivity index (χ3v) is 3.65. The maximum absolute atomic E-state index is 12.1. The second-order valence-corrected chi connectivity index (χ2v) is 6.08. The Morgan fingerprint density at radius 2 is 2.00 bits per heavy atom. The van der Waals surface area contributed by atoms with Crippen LogP contribution < -0.4 is 10.6 Å². The van der Waals surface area contributed by atoms with Crippen LogP contribution >= 0.6 is 11.3 Å².